The Morgan fingerprint density at radius 2 is 2.05 bits per heavy atom. The minimum absolute atomic E-state index is 0.654. The van der Waals surface area contributed by atoms with Crippen LogP contribution in [0.15, 0.2) is 34.9 Å². The van der Waals surface area contributed by atoms with E-state index < -0.39 is 0 Å². The molecule has 0 saturated carbocycles. The van der Waals surface area contributed by atoms with Gasteiger partial charge in [-0.05, 0) is 37.0 Å². The van der Waals surface area contributed by atoms with Crippen LogP contribution in [0.5, 0.6) is 0 Å². The van der Waals surface area contributed by atoms with Crippen LogP contribution in [0.3, 0.4) is 0 Å². The van der Waals surface area contributed by atoms with Crippen molar-refractivity contribution >= 4 is 11.8 Å². The molecule has 0 atom stereocenters. The summed E-state index contributed by atoms with van der Waals surface area (Å²) in [5.74, 6) is 2.64. The molecule has 0 aliphatic rings. The monoisotopic (exact) mass is 291 g/mol. The lowest BCUT2D eigenvalue weighted by molar-refractivity contribution is 0.363. The van der Waals surface area contributed by atoms with Crippen molar-refractivity contribution in [1.29, 1.82) is 0 Å². The number of hydrogen-bond donors (Lipinski definition) is 1. The summed E-state index contributed by atoms with van der Waals surface area (Å²) in [5.41, 5.74) is 1.20. The quantitative estimate of drug-likeness (QED) is 0.720. The minimum Gasteiger partial charge on any atom is -0.338 e. The lowest BCUT2D eigenvalue weighted by Crippen LogP contribution is -2.15. The van der Waals surface area contributed by atoms with Gasteiger partial charge in [-0.25, -0.2) is 0 Å². The third kappa shape index (κ3) is 5.35. The van der Waals surface area contributed by atoms with E-state index >= 15 is 0 Å². The van der Waals surface area contributed by atoms with Gasteiger partial charge in [0.1, 0.15) is 0 Å². The molecule has 108 valence electrons. The second kappa shape index (κ2) is 8.76. The first kappa shape index (κ1) is 15.1. The Labute approximate surface area is 124 Å². The number of nitrogens with zero attached hydrogens (tertiary/aromatic N) is 2. The first-order valence-corrected chi connectivity index (χ1v) is 8.33. The molecule has 1 heterocycles. The average molecular weight is 291 g/mol. The topological polar surface area (TPSA) is 51.0 Å². The van der Waals surface area contributed by atoms with Gasteiger partial charge >= 0.3 is 0 Å². The summed E-state index contributed by atoms with van der Waals surface area (Å²) in [5, 5.41) is 7.34. The SMILES string of the molecule is CSCCCCNCc1nc(Cc2ccccc2)no1. The highest BCUT2D eigenvalue weighted by Crippen LogP contribution is 2.06. The van der Waals surface area contributed by atoms with E-state index in [2.05, 4.69) is 33.8 Å². The fourth-order valence-electron chi connectivity index (χ4n) is 1.90. The Balaban J connectivity index is 1.70. The maximum atomic E-state index is 5.24. The van der Waals surface area contributed by atoms with Crippen molar-refractivity contribution in [2.45, 2.75) is 25.8 Å². The first-order chi connectivity index (χ1) is 9.88. The molecule has 4 nitrogen and oxygen atoms in total. The molecule has 0 saturated heterocycles. The third-order valence-corrected chi connectivity index (χ3v) is 3.64. The first-order valence-electron chi connectivity index (χ1n) is 6.93. The van der Waals surface area contributed by atoms with E-state index in [4.69, 9.17) is 4.52 Å². The highest BCUT2D eigenvalue weighted by molar-refractivity contribution is 7.98. The fraction of sp³-hybridized carbons (Fsp3) is 0.467. The van der Waals surface area contributed by atoms with Gasteiger partial charge in [-0.3, -0.25) is 0 Å². The summed E-state index contributed by atoms with van der Waals surface area (Å²) < 4.78 is 5.24. The summed E-state index contributed by atoms with van der Waals surface area (Å²) in [7, 11) is 0. The van der Waals surface area contributed by atoms with Crippen LogP contribution < -0.4 is 5.32 Å². The highest BCUT2D eigenvalue weighted by Gasteiger charge is 2.06. The zero-order valence-corrected chi connectivity index (χ0v) is 12.7. The summed E-state index contributed by atoms with van der Waals surface area (Å²) in [6.45, 7) is 1.65. The number of rotatable bonds is 9. The van der Waals surface area contributed by atoms with Crippen molar-refractivity contribution in [3.05, 3.63) is 47.6 Å². The maximum absolute atomic E-state index is 5.24. The van der Waals surface area contributed by atoms with Gasteiger partial charge in [0, 0.05) is 6.42 Å². The molecule has 2 rings (SSSR count). The van der Waals surface area contributed by atoms with Crippen LogP contribution in [0.2, 0.25) is 0 Å². The van der Waals surface area contributed by atoms with Gasteiger partial charge in [0.2, 0.25) is 5.89 Å². The Bertz CT molecular complexity index is 487. The Morgan fingerprint density at radius 3 is 2.85 bits per heavy atom. The van der Waals surface area contributed by atoms with Crippen LogP contribution in [-0.4, -0.2) is 28.7 Å². The molecule has 1 aromatic heterocycles. The van der Waals surface area contributed by atoms with Crippen molar-refractivity contribution in [2.75, 3.05) is 18.6 Å². The van der Waals surface area contributed by atoms with Crippen molar-refractivity contribution in [3.8, 4) is 0 Å². The van der Waals surface area contributed by atoms with E-state index in [1.807, 2.05) is 30.0 Å². The molecule has 1 N–H and O–H groups in total. The molecule has 0 fully saturated rings. The van der Waals surface area contributed by atoms with Crippen LogP contribution in [0.25, 0.3) is 0 Å². The summed E-state index contributed by atoms with van der Waals surface area (Å²) in [6.07, 6.45) is 5.29. The van der Waals surface area contributed by atoms with Gasteiger partial charge in [0.15, 0.2) is 5.82 Å². The van der Waals surface area contributed by atoms with Crippen LogP contribution >= 0.6 is 11.8 Å². The second-order valence-electron chi connectivity index (χ2n) is 4.64. The standard InChI is InChI=1S/C15H21N3OS/c1-20-10-6-5-9-16-12-15-17-14(18-19-15)11-13-7-3-2-4-8-13/h2-4,7-8,16H,5-6,9-12H2,1H3. The Hall–Kier alpha value is -1.33. The van der Waals surface area contributed by atoms with E-state index in [9.17, 15) is 0 Å². The second-order valence-corrected chi connectivity index (χ2v) is 5.63. The van der Waals surface area contributed by atoms with Gasteiger partial charge in [-0.15, -0.1) is 0 Å². The molecule has 0 unspecified atom stereocenters. The zero-order chi connectivity index (χ0) is 14.0. The summed E-state index contributed by atoms with van der Waals surface area (Å²) >= 11 is 1.89. The number of thioether (sulfide) groups is 1. The maximum Gasteiger partial charge on any atom is 0.240 e. The lowest BCUT2D eigenvalue weighted by atomic mass is 10.1. The van der Waals surface area contributed by atoms with Crippen LogP contribution in [-0.2, 0) is 13.0 Å². The van der Waals surface area contributed by atoms with Crippen molar-refractivity contribution < 1.29 is 4.52 Å². The van der Waals surface area contributed by atoms with Crippen molar-refractivity contribution in [3.63, 3.8) is 0 Å². The van der Waals surface area contributed by atoms with Gasteiger partial charge in [-0.1, -0.05) is 35.5 Å². The largest absolute Gasteiger partial charge is 0.338 e. The minimum atomic E-state index is 0.654. The molecule has 0 radical (unpaired) electrons. The van der Waals surface area contributed by atoms with E-state index in [-0.39, 0.29) is 0 Å². The highest BCUT2D eigenvalue weighted by atomic mass is 32.2. The smallest absolute Gasteiger partial charge is 0.240 e. The molecule has 20 heavy (non-hydrogen) atoms. The van der Waals surface area contributed by atoms with E-state index in [0.717, 1.165) is 18.8 Å². The third-order valence-electron chi connectivity index (χ3n) is 2.94. The number of hydrogen-bond acceptors (Lipinski definition) is 5. The average Bonchev–Trinajstić information content (AvgIpc) is 2.91. The summed E-state index contributed by atoms with van der Waals surface area (Å²) in [4.78, 5) is 4.40. The van der Waals surface area contributed by atoms with E-state index in [0.29, 0.717) is 12.4 Å². The zero-order valence-electron chi connectivity index (χ0n) is 11.8. The number of benzene rings is 1. The van der Waals surface area contributed by atoms with Crippen molar-refractivity contribution in [2.24, 2.45) is 0 Å². The van der Waals surface area contributed by atoms with Gasteiger partial charge in [-0.2, -0.15) is 16.7 Å². The molecular weight excluding hydrogens is 270 g/mol. The predicted octanol–water partition coefficient (Wildman–Crippen LogP) is 2.89. The van der Waals surface area contributed by atoms with Crippen LogP contribution in [0.4, 0.5) is 0 Å². The molecule has 0 aliphatic heterocycles. The normalized spacial score (nSPS) is 10.8. The molecule has 0 aliphatic carbocycles. The number of nitrogens with one attached hydrogen (secondary N) is 1. The van der Waals surface area contributed by atoms with Gasteiger partial charge in [0.25, 0.3) is 0 Å². The van der Waals surface area contributed by atoms with E-state index in [1.165, 1.54) is 24.2 Å². The van der Waals surface area contributed by atoms with E-state index in [1.54, 1.807) is 0 Å². The van der Waals surface area contributed by atoms with Crippen molar-refractivity contribution in [1.82, 2.24) is 15.5 Å². The molecule has 0 spiro atoms. The molecular formula is C15H21N3OS. The fourth-order valence-corrected chi connectivity index (χ4v) is 2.40. The Kier molecular flexibility index (Phi) is 6.60. The van der Waals surface area contributed by atoms with Crippen LogP contribution in [0, 0.1) is 0 Å². The van der Waals surface area contributed by atoms with Gasteiger partial charge in [0.05, 0.1) is 6.54 Å². The lowest BCUT2D eigenvalue weighted by Gasteiger charge is -2.00. The molecule has 0 amide bonds. The Morgan fingerprint density at radius 1 is 1.20 bits per heavy atom. The molecule has 1 aromatic carbocycles. The number of aromatic nitrogens is 2. The van der Waals surface area contributed by atoms with Crippen LogP contribution in [0.1, 0.15) is 30.1 Å². The molecule has 0 bridgehead atoms. The summed E-state index contributed by atoms with van der Waals surface area (Å²) in [6, 6.07) is 10.2. The number of unbranched alkanes of at least 4 members (excludes halogenated alkanes) is 1. The molecule has 5 heteroatoms. The molecule has 2 aromatic rings. The predicted molar refractivity (Wildman–Crippen MR) is 82.9 cm³/mol. The van der Waals surface area contributed by atoms with Gasteiger partial charge < -0.3 is 9.84 Å².